The fourth-order valence-corrected chi connectivity index (χ4v) is 3.90. The van der Waals surface area contributed by atoms with Gasteiger partial charge < -0.3 is 10.1 Å². The Morgan fingerprint density at radius 3 is 2.32 bits per heavy atom. The predicted molar refractivity (Wildman–Crippen MR) is 119 cm³/mol. The van der Waals surface area contributed by atoms with Crippen LogP contribution in [-0.2, 0) is 14.3 Å². The number of carbonyl (C=O) groups excluding carboxylic acids is 4. The predicted octanol–water partition coefficient (Wildman–Crippen LogP) is 4.09. The van der Waals surface area contributed by atoms with Crippen LogP contribution in [0, 0.1) is 6.92 Å². The minimum atomic E-state index is -1.07. The van der Waals surface area contributed by atoms with Crippen LogP contribution in [0.15, 0.2) is 46.9 Å². The Bertz CT molecular complexity index is 1000. The molecule has 2 aromatic carbocycles. The van der Waals surface area contributed by atoms with E-state index in [1.165, 1.54) is 0 Å². The monoisotopic (exact) mass is 486 g/mol. The molecule has 1 N–H and O–H groups in total. The highest BCUT2D eigenvalue weighted by molar-refractivity contribution is 9.10. The number of ether oxygens (including phenoxy) is 1. The lowest BCUT2D eigenvalue weighted by molar-refractivity contribution is -0.151. The first kappa shape index (κ1) is 22.7. The number of fused-ring (bicyclic) bond motifs is 1. The van der Waals surface area contributed by atoms with Crippen molar-refractivity contribution in [1.82, 2.24) is 4.90 Å². The number of unbranched alkanes of at least 4 members (excludes halogenated alkanes) is 1. The third-order valence-corrected chi connectivity index (χ3v) is 5.54. The van der Waals surface area contributed by atoms with Crippen LogP contribution < -0.4 is 5.32 Å². The highest BCUT2D eigenvalue weighted by Gasteiger charge is 2.43. The quantitative estimate of drug-likeness (QED) is 0.447. The maximum absolute atomic E-state index is 12.8. The average Bonchev–Trinajstić information content (AvgIpc) is 3.00. The smallest absolute Gasteiger partial charge is 0.329 e. The maximum Gasteiger partial charge on any atom is 0.329 e. The van der Waals surface area contributed by atoms with Crippen LogP contribution in [0.2, 0.25) is 0 Å². The number of hydrogen-bond donors (Lipinski definition) is 1. The summed E-state index contributed by atoms with van der Waals surface area (Å²) in [5.41, 5.74) is 1.99. The molecule has 0 aliphatic carbocycles. The molecule has 0 radical (unpaired) electrons. The van der Waals surface area contributed by atoms with Crippen molar-refractivity contribution in [1.29, 1.82) is 0 Å². The number of carbonyl (C=O) groups is 4. The number of hydrogen-bond acceptors (Lipinski definition) is 5. The van der Waals surface area contributed by atoms with Gasteiger partial charge in [0, 0.05) is 10.2 Å². The number of imide groups is 1. The van der Waals surface area contributed by atoms with Gasteiger partial charge in [0.05, 0.1) is 11.1 Å². The second-order valence-corrected chi connectivity index (χ2v) is 8.21. The van der Waals surface area contributed by atoms with E-state index in [9.17, 15) is 19.2 Å². The van der Waals surface area contributed by atoms with Crippen LogP contribution in [0.4, 0.5) is 5.69 Å². The van der Waals surface area contributed by atoms with Gasteiger partial charge in [0.25, 0.3) is 17.7 Å². The standard InChI is InChI=1S/C23H23BrN2O5/c1-3-4-9-19(26-21(28)16-7-5-6-8-17(16)22(26)29)23(30)31-13-20(27)25-18-11-10-15(24)12-14(18)2/h5-8,10-12,19H,3-4,9,13H2,1-2H3,(H,25,27)/t19-/m1/s1. The maximum atomic E-state index is 12.8. The van der Waals surface area contributed by atoms with Gasteiger partial charge in [-0.2, -0.15) is 0 Å². The Morgan fingerprint density at radius 2 is 1.74 bits per heavy atom. The number of benzene rings is 2. The van der Waals surface area contributed by atoms with Gasteiger partial charge in [-0.3, -0.25) is 19.3 Å². The average molecular weight is 487 g/mol. The molecule has 1 heterocycles. The number of rotatable bonds is 8. The number of anilines is 1. The number of halogens is 1. The van der Waals surface area contributed by atoms with E-state index < -0.39 is 36.3 Å². The van der Waals surface area contributed by atoms with Gasteiger partial charge in [-0.25, -0.2) is 4.79 Å². The lowest BCUT2D eigenvalue weighted by atomic mass is 10.1. The Morgan fingerprint density at radius 1 is 1.10 bits per heavy atom. The van der Waals surface area contributed by atoms with Gasteiger partial charge in [0.1, 0.15) is 6.04 Å². The SMILES string of the molecule is CCCC[C@H](C(=O)OCC(=O)Nc1ccc(Br)cc1C)N1C(=O)c2ccccc2C1=O. The van der Waals surface area contributed by atoms with Crippen molar-refractivity contribution < 1.29 is 23.9 Å². The largest absolute Gasteiger partial charge is 0.454 e. The molecule has 0 spiro atoms. The van der Waals surface area contributed by atoms with Crippen molar-refractivity contribution in [2.75, 3.05) is 11.9 Å². The van der Waals surface area contributed by atoms with Gasteiger partial charge in [0.15, 0.2) is 6.61 Å². The number of aryl methyl sites for hydroxylation is 1. The van der Waals surface area contributed by atoms with E-state index in [2.05, 4.69) is 21.2 Å². The molecule has 8 heteroatoms. The summed E-state index contributed by atoms with van der Waals surface area (Å²) in [6.07, 6.45) is 1.67. The summed E-state index contributed by atoms with van der Waals surface area (Å²) in [5, 5.41) is 2.69. The molecule has 0 saturated heterocycles. The Balaban J connectivity index is 1.68. The minimum Gasteiger partial charge on any atom is -0.454 e. The van der Waals surface area contributed by atoms with Crippen LogP contribution in [0.3, 0.4) is 0 Å². The highest BCUT2D eigenvalue weighted by atomic mass is 79.9. The molecule has 0 unspecified atom stereocenters. The van der Waals surface area contributed by atoms with E-state index in [4.69, 9.17) is 4.74 Å². The number of amides is 3. The van der Waals surface area contributed by atoms with Gasteiger partial charge in [-0.15, -0.1) is 0 Å². The zero-order chi connectivity index (χ0) is 22.5. The van der Waals surface area contributed by atoms with Crippen LogP contribution >= 0.6 is 15.9 Å². The summed E-state index contributed by atoms with van der Waals surface area (Å²) in [5.74, 6) is -2.32. The van der Waals surface area contributed by atoms with Crippen LogP contribution in [0.25, 0.3) is 0 Å². The first-order valence-electron chi connectivity index (χ1n) is 10.0. The zero-order valence-electron chi connectivity index (χ0n) is 17.3. The Hall–Kier alpha value is -3.00. The lowest BCUT2D eigenvalue weighted by Crippen LogP contribution is -2.46. The van der Waals surface area contributed by atoms with E-state index in [0.29, 0.717) is 12.1 Å². The van der Waals surface area contributed by atoms with Gasteiger partial charge >= 0.3 is 5.97 Å². The summed E-state index contributed by atoms with van der Waals surface area (Å²) in [7, 11) is 0. The molecule has 2 aromatic rings. The molecule has 0 aromatic heterocycles. The zero-order valence-corrected chi connectivity index (χ0v) is 18.9. The Labute approximate surface area is 188 Å². The van der Waals surface area contributed by atoms with Crippen molar-refractivity contribution >= 4 is 45.3 Å². The third-order valence-electron chi connectivity index (χ3n) is 5.05. The molecular formula is C23H23BrN2O5. The van der Waals surface area contributed by atoms with E-state index in [-0.39, 0.29) is 17.5 Å². The highest BCUT2D eigenvalue weighted by Crippen LogP contribution is 2.27. The normalized spacial score (nSPS) is 13.7. The molecule has 31 heavy (non-hydrogen) atoms. The Kier molecular flexibility index (Phi) is 7.22. The van der Waals surface area contributed by atoms with Crippen LogP contribution in [0.5, 0.6) is 0 Å². The molecular weight excluding hydrogens is 464 g/mol. The molecule has 1 atom stereocenters. The summed E-state index contributed by atoms with van der Waals surface area (Å²) in [4.78, 5) is 51.6. The molecule has 7 nitrogen and oxygen atoms in total. The summed E-state index contributed by atoms with van der Waals surface area (Å²) >= 11 is 3.36. The molecule has 0 bridgehead atoms. The minimum absolute atomic E-state index is 0.269. The fraction of sp³-hybridized carbons (Fsp3) is 0.304. The number of nitrogens with one attached hydrogen (secondary N) is 1. The van der Waals surface area contributed by atoms with Gasteiger partial charge in [-0.05, 0) is 49.2 Å². The van der Waals surface area contributed by atoms with Crippen molar-refractivity contribution in [2.45, 2.75) is 39.2 Å². The molecule has 3 rings (SSSR count). The third kappa shape index (κ3) is 5.02. The second kappa shape index (κ2) is 9.87. The molecule has 3 amide bonds. The van der Waals surface area contributed by atoms with Gasteiger partial charge in [-0.1, -0.05) is 47.8 Å². The first-order valence-corrected chi connectivity index (χ1v) is 10.8. The lowest BCUT2D eigenvalue weighted by Gasteiger charge is -2.24. The first-order chi connectivity index (χ1) is 14.8. The number of esters is 1. The van der Waals surface area contributed by atoms with Crippen LogP contribution in [0.1, 0.15) is 52.5 Å². The summed E-state index contributed by atoms with van der Waals surface area (Å²) < 4.78 is 6.08. The van der Waals surface area contributed by atoms with Crippen molar-refractivity contribution in [3.05, 3.63) is 63.6 Å². The number of nitrogens with zero attached hydrogens (tertiary/aromatic N) is 1. The second-order valence-electron chi connectivity index (χ2n) is 7.30. The summed E-state index contributed by atoms with van der Waals surface area (Å²) in [6, 6.07) is 10.8. The van der Waals surface area contributed by atoms with Crippen molar-refractivity contribution in [3.8, 4) is 0 Å². The van der Waals surface area contributed by atoms with E-state index in [1.807, 2.05) is 19.9 Å². The molecule has 0 saturated carbocycles. The molecule has 0 fully saturated rings. The van der Waals surface area contributed by atoms with E-state index >= 15 is 0 Å². The summed E-state index contributed by atoms with van der Waals surface area (Å²) in [6.45, 7) is 3.27. The van der Waals surface area contributed by atoms with Crippen LogP contribution in [-0.4, -0.2) is 41.2 Å². The fourth-order valence-electron chi connectivity index (χ4n) is 3.43. The topological polar surface area (TPSA) is 92.8 Å². The molecule has 162 valence electrons. The van der Waals surface area contributed by atoms with Crippen molar-refractivity contribution in [2.24, 2.45) is 0 Å². The van der Waals surface area contributed by atoms with E-state index in [0.717, 1.165) is 21.4 Å². The van der Waals surface area contributed by atoms with Crippen molar-refractivity contribution in [3.63, 3.8) is 0 Å². The van der Waals surface area contributed by atoms with Gasteiger partial charge in [0.2, 0.25) is 0 Å². The molecule has 1 aliphatic rings. The molecule has 1 aliphatic heterocycles. The van der Waals surface area contributed by atoms with E-state index in [1.54, 1.807) is 36.4 Å².